The van der Waals surface area contributed by atoms with E-state index in [1.54, 1.807) is 0 Å². The fourth-order valence-electron chi connectivity index (χ4n) is 2.12. The molecule has 0 aliphatic rings. The van der Waals surface area contributed by atoms with Crippen molar-refractivity contribution in [2.45, 2.75) is 46.6 Å². The van der Waals surface area contributed by atoms with Gasteiger partial charge in [-0.3, -0.25) is 4.99 Å². The number of aliphatic imine (C=N–C) groups is 1. The summed E-state index contributed by atoms with van der Waals surface area (Å²) in [5.41, 5.74) is 0. The highest BCUT2D eigenvalue weighted by atomic mass is 127. The van der Waals surface area contributed by atoms with Gasteiger partial charge in [-0.25, -0.2) is 0 Å². The number of nitrogens with one attached hydrogen (secondary N) is 2. The lowest BCUT2D eigenvalue weighted by Gasteiger charge is -2.27. The van der Waals surface area contributed by atoms with Gasteiger partial charge in [0.1, 0.15) is 0 Å². The summed E-state index contributed by atoms with van der Waals surface area (Å²) in [6.07, 6.45) is 2.29. The molecule has 0 heterocycles. The van der Waals surface area contributed by atoms with Crippen molar-refractivity contribution in [3.8, 4) is 0 Å². The smallest absolute Gasteiger partial charge is 0.191 e. The molecule has 140 valence electrons. The SMILES string of the molecule is CN=C(NCCOCCC(C)C)NCC(CC(C)C)N(C)C.I. The zero-order valence-electron chi connectivity index (χ0n) is 16.2. The molecule has 0 aromatic rings. The summed E-state index contributed by atoms with van der Waals surface area (Å²) in [7, 11) is 6.07. The average Bonchev–Trinajstić information content (AvgIpc) is 2.43. The molecule has 2 N–H and O–H groups in total. The van der Waals surface area contributed by atoms with E-state index in [9.17, 15) is 0 Å². The van der Waals surface area contributed by atoms with Gasteiger partial charge >= 0.3 is 0 Å². The Morgan fingerprint density at radius 3 is 2.17 bits per heavy atom. The summed E-state index contributed by atoms with van der Waals surface area (Å²) in [5, 5.41) is 6.71. The standard InChI is InChI=1S/C17H38N4O.HI/c1-14(2)8-10-22-11-9-19-17(18-5)20-13-16(21(6)7)12-15(3)4;/h14-16H,8-13H2,1-7H3,(H2,18,19,20);1H. The van der Waals surface area contributed by atoms with Crippen LogP contribution in [-0.2, 0) is 4.74 Å². The Bertz CT molecular complexity index is 296. The van der Waals surface area contributed by atoms with E-state index in [4.69, 9.17) is 4.74 Å². The van der Waals surface area contributed by atoms with Crippen molar-refractivity contribution in [1.82, 2.24) is 15.5 Å². The minimum atomic E-state index is 0. The number of hydrogen-bond donors (Lipinski definition) is 2. The average molecular weight is 442 g/mol. The Morgan fingerprint density at radius 2 is 1.70 bits per heavy atom. The number of nitrogens with zero attached hydrogens (tertiary/aromatic N) is 2. The molecule has 23 heavy (non-hydrogen) atoms. The number of likely N-dealkylation sites (N-methyl/N-ethyl adjacent to an activating group) is 1. The van der Waals surface area contributed by atoms with E-state index in [2.05, 4.69) is 62.3 Å². The summed E-state index contributed by atoms with van der Waals surface area (Å²) < 4.78 is 5.60. The largest absolute Gasteiger partial charge is 0.380 e. The Balaban J connectivity index is 0. The molecule has 0 fully saturated rings. The minimum Gasteiger partial charge on any atom is -0.380 e. The lowest BCUT2D eigenvalue weighted by Crippen LogP contribution is -2.46. The highest BCUT2D eigenvalue weighted by molar-refractivity contribution is 14.0. The van der Waals surface area contributed by atoms with Gasteiger partial charge in [-0.15, -0.1) is 24.0 Å². The molecule has 6 heteroatoms. The topological polar surface area (TPSA) is 48.9 Å². The van der Waals surface area contributed by atoms with Crippen LogP contribution in [0, 0.1) is 11.8 Å². The number of halogens is 1. The first kappa shape index (κ1) is 25.2. The van der Waals surface area contributed by atoms with Crippen LogP contribution in [0.2, 0.25) is 0 Å². The van der Waals surface area contributed by atoms with E-state index >= 15 is 0 Å². The fraction of sp³-hybridized carbons (Fsp3) is 0.941. The van der Waals surface area contributed by atoms with Gasteiger partial charge in [0.2, 0.25) is 0 Å². The molecule has 0 rings (SSSR count). The van der Waals surface area contributed by atoms with Crippen molar-refractivity contribution in [1.29, 1.82) is 0 Å². The van der Waals surface area contributed by atoms with Crippen LogP contribution in [-0.4, -0.2) is 64.3 Å². The third kappa shape index (κ3) is 15.2. The van der Waals surface area contributed by atoms with Gasteiger partial charge in [-0.05, 0) is 38.8 Å². The number of guanidine groups is 1. The number of ether oxygens (including phenoxy) is 1. The molecule has 0 saturated carbocycles. The Morgan fingerprint density at radius 1 is 1.04 bits per heavy atom. The summed E-state index contributed by atoms with van der Waals surface area (Å²) in [6, 6.07) is 0.515. The van der Waals surface area contributed by atoms with Crippen LogP contribution in [0.4, 0.5) is 0 Å². The molecule has 0 aromatic carbocycles. The summed E-state index contributed by atoms with van der Waals surface area (Å²) in [4.78, 5) is 6.54. The van der Waals surface area contributed by atoms with Crippen LogP contribution in [0.5, 0.6) is 0 Å². The van der Waals surface area contributed by atoms with E-state index in [0.29, 0.717) is 17.9 Å². The molecule has 0 radical (unpaired) electrons. The van der Waals surface area contributed by atoms with Crippen molar-refractivity contribution in [2.24, 2.45) is 16.8 Å². The summed E-state index contributed by atoms with van der Waals surface area (Å²) in [6.45, 7) is 12.2. The quantitative estimate of drug-likeness (QED) is 0.224. The molecule has 0 bridgehead atoms. The molecule has 0 aliphatic heterocycles. The van der Waals surface area contributed by atoms with Crippen molar-refractivity contribution in [2.75, 3.05) is 47.4 Å². The third-order valence-corrected chi connectivity index (χ3v) is 3.58. The van der Waals surface area contributed by atoms with Crippen LogP contribution in [0.25, 0.3) is 0 Å². The van der Waals surface area contributed by atoms with E-state index in [1.165, 1.54) is 6.42 Å². The predicted molar refractivity (Wildman–Crippen MR) is 112 cm³/mol. The first-order chi connectivity index (χ1) is 10.4. The molecular weight excluding hydrogens is 403 g/mol. The minimum absolute atomic E-state index is 0. The van der Waals surface area contributed by atoms with Crippen LogP contribution in [0.15, 0.2) is 4.99 Å². The normalized spacial score (nSPS) is 13.4. The molecule has 0 amide bonds. The highest BCUT2D eigenvalue weighted by Gasteiger charge is 2.13. The highest BCUT2D eigenvalue weighted by Crippen LogP contribution is 2.07. The predicted octanol–water partition coefficient (Wildman–Crippen LogP) is 2.81. The van der Waals surface area contributed by atoms with Crippen LogP contribution in [0.3, 0.4) is 0 Å². The first-order valence-corrected chi connectivity index (χ1v) is 8.55. The van der Waals surface area contributed by atoms with E-state index in [-0.39, 0.29) is 24.0 Å². The van der Waals surface area contributed by atoms with Gasteiger partial charge in [-0.1, -0.05) is 27.7 Å². The maximum absolute atomic E-state index is 5.60. The first-order valence-electron chi connectivity index (χ1n) is 8.55. The zero-order valence-corrected chi connectivity index (χ0v) is 18.5. The Hall–Kier alpha value is -0.0800. The Labute approximate surface area is 161 Å². The fourth-order valence-corrected chi connectivity index (χ4v) is 2.12. The van der Waals surface area contributed by atoms with Gasteiger partial charge in [0, 0.05) is 32.8 Å². The monoisotopic (exact) mass is 442 g/mol. The van der Waals surface area contributed by atoms with Crippen molar-refractivity contribution in [3.63, 3.8) is 0 Å². The maximum atomic E-state index is 5.60. The second-order valence-electron chi connectivity index (χ2n) is 6.92. The van der Waals surface area contributed by atoms with Crippen molar-refractivity contribution < 1.29 is 4.74 Å². The van der Waals surface area contributed by atoms with Crippen molar-refractivity contribution >= 4 is 29.9 Å². The van der Waals surface area contributed by atoms with Crippen LogP contribution >= 0.6 is 24.0 Å². The molecule has 0 spiro atoms. The third-order valence-electron chi connectivity index (χ3n) is 3.58. The molecule has 1 atom stereocenters. The van der Waals surface area contributed by atoms with Gasteiger partial charge < -0.3 is 20.3 Å². The van der Waals surface area contributed by atoms with E-state index in [1.807, 2.05) is 7.05 Å². The van der Waals surface area contributed by atoms with E-state index in [0.717, 1.165) is 38.7 Å². The Kier molecular flexibility index (Phi) is 16.9. The maximum Gasteiger partial charge on any atom is 0.191 e. The lowest BCUT2D eigenvalue weighted by molar-refractivity contribution is 0.128. The zero-order chi connectivity index (χ0) is 17.0. The van der Waals surface area contributed by atoms with Crippen LogP contribution in [0.1, 0.15) is 40.5 Å². The summed E-state index contributed by atoms with van der Waals surface area (Å²) >= 11 is 0. The molecule has 0 aromatic heterocycles. The lowest BCUT2D eigenvalue weighted by atomic mass is 10.0. The van der Waals surface area contributed by atoms with Crippen molar-refractivity contribution in [3.05, 3.63) is 0 Å². The van der Waals surface area contributed by atoms with Gasteiger partial charge in [0.15, 0.2) is 5.96 Å². The number of hydrogen-bond acceptors (Lipinski definition) is 3. The second-order valence-corrected chi connectivity index (χ2v) is 6.92. The van der Waals surface area contributed by atoms with Gasteiger partial charge in [0.05, 0.1) is 6.61 Å². The van der Waals surface area contributed by atoms with E-state index < -0.39 is 0 Å². The van der Waals surface area contributed by atoms with Crippen LogP contribution < -0.4 is 10.6 Å². The van der Waals surface area contributed by atoms with Gasteiger partial charge in [0.25, 0.3) is 0 Å². The summed E-state index contributed by atoms with van der Waals surface area (Å²) in [5.74, 6) is 2.24. The molecular formula is C17H39IN4O. The van der Waals surface area contributed by atoms with Gasteiger partial charge in [-0.2, -0.15) is 0 Å². The molecule has 0 aliphatic carbocycles. The molecule has 1 unspecified atom stereocenters. The second kappa shape index (κ2) is 15.4. The number of rotatable bonds is 11. The molecule has 5 nitrogen and oxygen atoms in total. The molecule has 0 saturated heterocycles.